The van der Waals surface area contributed by atoms with Crippen molar-refractivity contribution in [3.63, 3.8) is 0 Å². The van der Waals surface area contributed by atoms with E-state index in [1.54, 1.807) is 4.90 Å². The zero-order valence-electron chi connectivity index (χ0n) is 16.4. The number of carbonyl (C=O) groups is 1. The van der Waals surface area contributed by atoms with E-state index in [4.69, 9.17) is 0 Å². The predicted octanol–water partition coefficient (Wildman–Crippen LogP) is 1.42. The summed E-state index contributed by atoms with van der Waals surface area (Å²) < 4.78 is 40.8. The van der Waals surface area contributed by atoms with Crippen molar-refractivity contribution in [2.24, 2.45) is 5.92 Å². The van der Waals surface area contributed by atoms with Gasteiger partial charge in [-0.25, -0.2) is 12.8 Å². The molecule has 0 saturated carbocycles. The lowest BCUT2D eigenvalue weighted by Crippen LogP contribution is -2.51. The van der Waals surface area contributed by atoms with Gasteiger partial charge in [-0.3, -0.25) is 9.69 Å². The summed E-state index contributed by atoms with van der Waals surface area (Å²) in [5.41, 5.74) is 0. The number of fused-ring (bicyclic) bond motifs is 2. The molecule has 2 bridgehead atoms. The molecule has 0 aliphatic carbocycles. The maximum atomic E-state index is 13.5. The summed E-state index contributed by atoms with van der Waals surface area (Å²) in [5, 5.41) is 9.21. The molecule has 7 nitrogen and oxygen atoms in total. The molecule has 0 aromatic heterocycles. The van der Waals surface area contributed by atoms with Crippen LogP contribution >= 0.6 is 0 Å². The predicted molar refractivity (Wildman–Crippen MR) is 104 cm³/mol. The van der Waals surface area contributed by atoms with Crippen molar-refractivity contribution in [3.05, 3.63) is 30.1 Å². The number of rotatable bonds is 5. The Morgan fingerprint density at radius 3 is 2.79 bits per heavy atom. The van der Waals surface area contributed by atoms with Gasteiger partial charge >= 0.3 is 0 Å². The zero-order valence-corrected chi connectivity index (χ0v) is 17.2. The van der Waals surface area contributed by atoms with Crippen molar-refractivity contribution in [1.82, 2.24) is 14.1 Å². The maximum absolute atomic E-state index is 13.5. The Kier molecular flexibility index (Phi) is 5.36. The van der Waals surface area contributed by atoms with E-state index in [1.165, 1.54) is 22.5 Å². The van der Waals surface area contributed by atoms with Gasteiger partial charge in [0.25, 0.3) is 0 Å². The Balaban J connectivity index is 1.39. The van der Waals surface area contributed by atoms with Crippen LogP contribution in [-0.2, 0) is 14.8 Å². The highest BCUT2D eigenvalue weighted by molar-refractivity contribution is 7.89. The van der Waals surface area contributed by atoms with Crippen molar-refractivity contribution < 1.29 is 17.6 Å². The second-order valence-electron chi connectivity index (χ2n) is 8.25. The van der Waals surface area contributed by atoms with Gasteiger partial charge in [-0.05, 0) is 37.5 Å². The van der Waals surface area contributed by atoms with E-state index in [1.807, 2.05) is 6.92 Å². The standard InChI is InChI=1S/C20H25FN4O3S/c1-14(20(26)24-7-3-5-16(24)10-22)11-23-12-18-9-17(23)13-25(18)29(27,28)19-6-2-4-15(21)8-19/h2,4,6,8,14,16-18H,3,5,7,9,11-13H2,1H3/t14-,16-,17-,18-/m0/s1. The lowest BCUT2D eigenvalue weighted by atomic mass is 10.1. The molecule has 3 aliphatic rings. The highest BCUT2D eigenvalue weighted by atomic mass is 32.2. The molecule has 9 heteroatoms. The number of likely N-dealkylation sites (tertiary alicyclic amines) is 2. The third kappa shape index (κ3) is 3.65. The summed E-state index contributed by atoms with van der Waals surface area (Å²) >= 11 is 0. The molecule has 3 fully saturated rings. The SMILES string of the molecule is C[C@@H](CN1C[C@@H]2C[C@H]1CN2S(=O)(=O)c1cccc(F)c1)C(=O)N1CCC[C@H]1C#N. The van der Waals surface area contributed by atoms with Crippen molar-refractivity contribution in [3.8, 4) is 6.07 Å². The van der Waals surface area contributed by atoms with E-state index < -0.39 is 15.8 Å². The monoisotopic (exact) mass is 420 g/mol. The van der Waals surface area contributed by atoms with Gasteiger partial charge < -0.3 is 4.90 Å². The Bertz CT molecular complexity index is 947. The zero-order chi connectivity index (χ0) is 20.8. The van der Waals surface area contributed by atoms with Crippen molar-refractivity contribution in [2.45, 2.75) is 49.2 Å². The molecule has 0 unspecified atom stereocenters. The van der Waals surface area contributed by atoms with E-state index in [-0.39, 0.29) is 34.8 Å². The summed E-state index contributed by atoms with van der Waals surface area (Å²) in [4.78, 5) is 16.6. The lowest BCUT2D eigenvalue weighted by molar-refractivity contribution is -0.135. The van der Waals surface area contributed by atoms with Crippen molar-refractivity contribution in [1.29, 1.82) is 5.26 Å². The van der Waals surface area contributed by atoms with Crippen LogP contribution in [0.1, 0.15) is 26.2 Å². The summed E-state index contributed by atoms with van der Waals surface area (Å²) in [7, 11) is -3.73. The average molecular weight is 421 g/mol. The van der Waals surface area contributed by atoms with Crippen LogP contribution in [0.4, 0.5) is 4.39 Å². The fourth-order valence-corrected chi connectivity index (χ4v) is 6.57. The largest absolute Gasteiger partial charge is 0.326 e. The summed E-state index contributed by atoms with van der Waals surface area (Å²) in [6.07, 6.45) is 2.31. The van der Waals surface area contributed by atoms with Crippen LogP contribution in [0.5, 0.6) is 0 Å². The van der Waals surface area contributed by atoms with Gasteiger partial charge in [-0.15, -0.1) is 0 Å². The van der Waals surface area contributed by atoms with E-state index in [0.29, 0.717) is 26.2 Å². The molecule has 4 rings (SSSR count). The molecular weight excluding hydrogens is 395 g/mol. The molecule has 4 atom stereocenters. The molecule has 1 amide bonds. The second-order valence-corrected chi connectivity index (χ2v) is 10.1. The minimum atomic E-state index is -3.73. The van der Waals surface area contributed by atoms with Crippen LogP contribution in [0.2, 0.25) is 0 Å². The molecule has 1 aromatic rings. The van der Waals surface area contributed by atoms with E-state index in [0.717, 1.165) is 25.3 Å². The minimum absolute atomic E-state index is 0.000983. The highest BCUT2D eigenvalue weighted by Gasteiger charge is 2.49. The lowest BCUT2D eigenvalue weighted by Gasteiger charge is -2.35. The molecule has 0 spiro atoms. The van der Waals surface area contributed by atoms with Crippen LogP contribution in [0.25, 0.3) is 0 Å². The molecule has 3 heterocycles. The number of sulfonamides is 1. The van der Waals surface area contributed by atoms with Gasteiger partial charge in [0.1, 0.15) is 11.9 Å². The summed E-state index contributed by atoms with van der Waals surface area (Å²) in [6.45, 7) is 3.99. The van der Waals surface area contributed by atoms with E-state index >= 15 is 0 Å². The molecule has 0 radical (unpaired) electrons. The smallest absolute Gasteiger partial charge is 0.243 e. The van der Waals surface area contributed by atoms with Gasteiger partial charge in [0.15, 0.2) is 0 Å². The van der Waals surface area contributed by atoms with Gasteiger partial charge in [0.05, 0.1) is 11.0 Å². The normalized spacial score (nSPS) is 28.6. The first kappa shape index (κ1) is 20.3. The maximum Gasteiger partial charge on any atom is 0.243 e. The topological polar surface area (TPSA) is 84.7 Å². The van der Waals surface area contributed by atoms with E-state index in [9.17, 15) is 22.9 Å². The average Bonchev–Trinajstić information content (AvgIpc) is 3.42. The number of hydrogen-bond acceptors (Lipinski definition) is 5. The number of hydrogen-bond donors (Lipinski definition) is 0. The first-order chi connectivity index (χ1) is 13.8. The molecule has 29 heavy (non-hydrogen) atoms. The summed E-state index contributed by atoms with van der Waals surface area (Å²) in [5.74, 6) is -0.806. The van der Waals surface area contributed by atoms with Crippen molar-refractivity contribution in [2.75, 3.05) is 26.2 Å². The van der Waals surface area contributed by atoms with Crippen LogP contribution in [0.15, 0.2) is 29.2 Å². The van der Waals surface area contributed by atoms with E-state index in [2.05, 4.69) is 11.0 Å². The van der Waals surface area contributed by atoms with Crippen LogP contribution in [-0.4, -0.2) is 72.7 Å². The molecular formula is C20H25FN4O3S. The molecule has 3 aliphatic heterocycles. The Morgan fingerprint density at radius 2 is 2.14 bits per heavy atom. The van der Waals surface area contributed by atoms with Crippen LogP contribution in [0.3, 0.4) is 0 Å². The number of amides is 1. The van der Waals surface area contributed by atoms with Gasteiger partial charge in [0, 0.05) is 44.2 Å². The quantitative estimate of drug-likeness (QED) is 0.719. The third-order valence-corrected chi connectivity index (χ3v) is 8.24. The molecule has 156 valence electrons. The first-order valence-electron chi connectivity index (χ1n) is 10.0. The number of benzene rings is 1. The van der Waals surface area contributed by atoms with Gasteiger partial charge in [-0.2, -0.15) is 9.57 Å². The molecule has 1 aromatic carbocycles. The number of halogens is 1. The number of nitrogens with zero attached hydrogens (tertiary/aromatic N) is 4. The summed E-state index contributed by atoms with van der Waals surface area (Å²) in [6, 6.07) is 6.89. The first-order valence-corrected chi connectivity index (χ1v) is 11.5. The third-order valence-electron chi connectivity index (χ3n) is 6.32. The number of carbonyl (C=O) groups excluding carboxylic acids is 1. The Labute approximate surface area is 170 Å². The van der Waals surface area contributed by atoms with Crippen LogP contribution < -0.4 is 0 Å². The fraction of sp³-hybridized carbons (Fsp3) is 0.600. The van der Waals surface area contributed by atoms with Crippen LogP contribution in [0, 0.1) is 23.1 Å². The highest BCUT2D eigenvalue weighted by Crippen LogP contribution is 2.35. The number of nitriles is 1. The minimum Gasteiger partial charge on any atom is -0.326 e. The second kappa shape index (κ2) is 7.67. The number of piperazine rings is 1. The molecule has 0 N–H and O–H groups in total. The Hall–Kier alpha value is -2.02. The van der Waals surface area contributed by atoms with Gasteiger partial charge in [0.2, 0.25) is 15.9 Å². The molecule has 3 saturated heterocycles. The Morgan fingerprint density at radius 1 is 1.34 bits per heavy atom. The van der Waals surface area contributed by atoms with Crippen molar-refractivity contribution >= 4 is 15.9 Å². The van der Waals surface area contributed by atoms with Gasteiger partial charge in [-0.1, -0.05) is 13.0 Å². The fourth-order valence-electron chi connectivity index (χ4n) is 4.87.